The van der Waals surface area contributed by atoms with Crippen molar-refractivity contribution < 1.29 is 0 Å². The van der Waals surface area contributed by atoms with Crippen LogP contribution in [0.4, 0.5) is 5.69 Å². The smallest absolute Gasteiger partial charge is 0.169 e. The first-order valence-electron chi connectivity index (χ1n) is 8.79. The van der Waals surface area contributed by atoms with Crippen LogP contribution in [0.15, 0.2) is 30.3 Å². The second kappa shape index (κ2) is 9.73. The molecule has 1 aliphatic heterocycles. The van der Waals surface area contributed by atoms with E-state index >= 15 is 0 Å². The molecule has 0 radical (unpaired) electrons. The summed E-state index contributed by atoms with van der Waals surface area (Å²) in [5, 5.41) is 4.34. The fourth-order valence-corrected chi connectivity index (χ4v) is 3.24. The van der Waals surface area contributed by atoms with E-state index in [9.17, 15) is 0 Å². The number of anilines is 1. The highest BCUT2D eigenvalue weighted by molar-refractivity contribution is 7.80. The monoisotopic (exact) mass is 334 g/mol. The Morgan fingerprint density at radius 3 is 2.35 bits per heavy atom. The molecular weight excluding hydrogens is 304 g/mol. The summed E-state index contributed by atoms with van der Waals surface area (Å²) in [5.74, 6) is 0. The van der Waals surface area contributed by atoms with Crippen LogP contribution in [0.1, 0.15) is 20.3 Å². The number of para-hydroxylation sites is 1. The molecule has 1 aromatic rings. The summed E-state index contributed by atoms with van der Waals surface area (Å²) in [4.78, 5) is 7.18. The predicted molar refractivity (Wildman–Crippen MR) is 103 cm³/mol. The maximum atomic E-state index is 5.55. The summed E-state index contributed by atoms with van der Waals surface area (Å²) in [5.41, 5.74) is 1.31. The third-order valence-electron chi connectivity index (χ3n) is 4.51. The van der Waals surface area contributed by atoms with E-state index in [1.54, 1.807) is 0 Å². The second-order valence-corrected chi connectivity index (χ2v) is 6.31. The summed E-state index contributed by atoms with van der Waals surface area (Å²) in [6.07, 6.45) is 1.14. The lowest BCUT2D eigenvalue weighted by Gasteiger charge is -2.37. The van der Waals surface area contributed by atoms with Gasteiger partial charge in [0.2, 0.25) is 0 Å². The Bertz CT molecular complexity index is 453. The zero-order valence-corrected chi connectivity index (χ0v) is 15.3. The number of thiocarbonyl (C=S) groups is 1. The molecule has 1 heterocycles. The molecule has 0 unspecified atom stereocenters. The van der Waals surface area contributed by atoms with Crippen LogP contribution in [-0.2, 0) is 0 Å². The Hall–Kier alpha value is -1.33. The summed E-state index contributed by atoms with van der Waals surface area (Å²) in [7, 11) is 0. The summed E-state index contributed by atoms with van der Waals surface area (Å²) >= 11 is 5.55. The van der Waals surface area contributed by atoms with Crippen molar-refractivity contribution in [3.05, 3.63) is 30.3 Å². The first-order chi connectivity index (χ1) is 11.2. The summed E-state index contributed by atoms with van der Waals surface area (Å²) < 4.78 is 0. The zero-order valence-electron chi connectivity index (χ0n) is 14.5. The maximum absolute atomic E-state index is 5.55. The molecule has 128 valence electrons. The molecule has 1 saturated heterocycles. The molecule has 1 aromatic carbocycles. The topological polar surface area (TPSA) is 21.8 Å². The van der Waals surface area contributed by atoms with Crippen LogP contribution in [0.3, 0.4) is 0 Å². The number of nitrogens with zero attached hydrogens (tertiary/aromatic N) is 3. The van der Waals surface area contributed by atoms with Gasteiger partial charge in [0.15, 0.2) is 5.11 Å². The fraction of sp³-hybridized carbons (Fsp3) is 0.611. The van der Waals surface area contributed by atoms with Gasteiger partial charge in [-0.05, 0) is 50.4 Å². The Kier molecular flexibility index (Phi) is 7.62. The Morgan fingerprint density at radius 2 is 1.74 bits per heavy atom. The normalized spacial score (nSPS) is 15.1. The maximum Gasteiger partial charge on any atom is 0.169 e. The van der Waals surface area contributed by atoms with Crippen LogP contribution in [0.25, 0.3) is 0 Å². The van der Waals surface area contributed by atoms with E-state index in [4.69, 9.17) is 12.2 Å². The van der Waals surface area contributed by atoms with Gasteiger partial charge in [0, 0.05) is 38.4 Å². The molecule has 1 N–H and O–H groups in total. The van der Waals surface area contributed by atoms with E-state index in [1.165, 1.54) is 5.69 Å². The van der Waals surface area contributed by atoms with E-state index in [0.29, 0.717) is 0 Å². The highest BCUT2D eigenvalue weighted by Crippen LogP contribution is 2.15. The van der Waals surface area contributed by atoms with Gasteiger partial charge >= 0.3 is 0 Å². The van der Waals surface area contributed by atoms with Crippen molar-refractivity contribution in [3.8, 4) is 0 Å². The van der Waals surface area contributed by atoms with Crippen LogP contribution in [0, 0.1) is 0 Å². The average Bonchev–Trinajstić information content (AvgIpc) is 2.62. The second-order valence-electron chi connectivity index (χ2n) is 5.92. The van der Waals surface area contributed by atoms with Crippen molar-refractivity contribution >= 4 is 23.0 Å². The molecule has 5 heteroatoms. The van der Waals surface area contributed by atoms with Crippen molar-refractivity contribution in [2.45, 2.75) is 20.3 Å². The molecule has 0 aliphatic carbocycles. The third kappa shape index (κ3) is 5.66. The minimum atomic E-state index is 0.914. The van der Waals surface area contributed by atoms with Crippen LogP contribution < -0.4 is 10.2 Å². The standard InChI is InChI=1S/C18H30N4S/c1-3-20(4-2)12-8-11-19-18(23)22-15-13-21(14-16-22)17-9-6-5-7-10-17/h5-7,9-10H,3-4,8,11-16H2,1-2H3,(H,19,23). The Labute approximate surface area is 146 Å². The minimum absolute atomic E-state index is 0.914. The van der Waals surface area contributed by atoms with Gasteiger partial charge in [-0.2, -0.15) is 0 Å². The van der Waals surface area contributed by atoms with Gasteiger partial charge < -0.3 is 20.0 Å². The van der Waals surface area contributed by atoms with Gasteiger partial charge in [0.1, 0.15) is 0 Å². The van der Waals surface area contributed by atoms with Gasteiger partial charge in [0.05, 0.1) is 0 Å². The Balaban J connectivity index is 1.66. The van der Waals surface area contributed by atoms with Gasteiger partial charge in [0.25, 0.3) is 0 Å². The van der Waals surface area contributed by atoms with E-state index in [-0.39, 0.29) is 0 Å². The van der Waals surface area contributed by atoms with Crippen molar-refractivity contribution in [1.82, 2.24) is 15.1 Å². The largest absolute Gasteiger partial charge is 0.368 e. The van der Waals surface area contributed by atoms with Crippen molar-refractivity contribution in [2.75, 3.05) is 57.3 Å². The van der Waals surface area contributed by atoms with E-state index < -0.39 is 0 Å². The number of hydrogen-bond donors (Lipinski definition) is 1. The number of benzene rings is 1. The number of piperazine rings is 1. The fourth-order valence-electron chi connectivity index (χ4n) is 2.96. The molecule has 1 fully saturated rings. The number of hydrogen-bond acceptors (Lipinski definition) is 3. The van der Waals surface area contributed by atoms with E-state index in [1.807, 2.05) is 0 Å². The lowest BCUT2D eigenvalue weighted by atomic mass is 10.2. The molecule has 2 rings (SSSR count). The summed E-state index contributed by atoms with van der Waals surface area (Å²) in [6, 6.07) is 10.6. The van der Waals surface area contributed by atoms with Crippen LogP contribution in [0.5, 0.6) is 0 Å². The zero-order chi connectivity index (χ0) is 16.5. The van der Waals surface area contributed by atoms with Gasteiger partial charge in [-0.25, -0.2) is 0 Å². The van der Waals surface area contributed by atoms with Crippen LogP contribution in [0.2, 0.25) is 0 Å². The molecule has 0 amide bonds. The highest BCUT2D eigenvalue weighted by Gasteiger charge is 2.18. The Morgan fingerprint density at radius 1 is 1.09 bits per heavy atom. The number of nitrogens with one attached hydrogen (secondary N) is 1. The quantitative estimate of drug-likeness (QED) is 0.609. The molecule has 0 aromatic heterocycles. The van der Waals surface area contributed by atoms with Crippen molar-refractivity contribution in [2.24, 2.45) is 0 Å². The van der Waals surface area contributed by atoms with Gasteiger partial charge in [-0.15, -0.1) is 0 Å². The molecular formula is C18H30N4S. The average molecular weight is 335 g/mol. The van der Waals surface area contributed by atoms with E-state index in [0.717, 1.165) is 63.9 Å². The molecule has 0 atom stereocenters. The molecule has 1 aliphatic rings. The van der Waals surface area contributed by atoms with Crippen LogP contribution >= 0.6 is 12.2 Å². The predicted octanol–water partition coefficient (Wildman–Crippen LogP) is 2.42. The molecule has 0 spiro atoms. The SMILES string of the molecule is CCN(CC)CCCNC(=S)N1CCN(c2ccccc2)CC1. The van der Waals surface area contributed by atoms with Gasteiger partial charge in [-0.3, -0.25) is 0 Å². The third-order valence-corrected chi connectivity index (χ3v) is 4.91. The molecule has 0 saturated carbocycles. The highest BCUT2D eigenvalue weighted by atomic mass is 32.1. The molecule has 23 heavy (non-hydrogen) atoms. The minimum Gasteiger partial charge on any atom is -0.368 e. The summed E-state index contributed by atoms with van der Waals surface area (Å²) in [6.45, 7) is 12.9. The first kappa shape index (κ1) is 18.0. The first-order valence-corrected chi connectivity index (χ1v) is 9.20. The van der Waals surface area contributed by atoms with Gasteiger partial charge in [-0.1, -0.05) is 32.0 Å². The lowest BCUT2D eigenvalue weighted by molar-refractivity contribution is 0.299. The van der Waals surface area contributed by atoms with Crippen molar-refractivity contribution in [1.29, 1.82) is 0 Å². The van der Waals surface area contributed by atoms with Crippen LogP contribution in [-0.4, -0.2) is 67.3 Å². The van der Waals surface area contributed by atoms with Crippen molar-refractivity contribution in [3.63, 3.8) is 0 Å². The van der Waals surface area contributed by atoms with E-state index in [2.05, 4.69) is 64.2 Å². The molecule has 4 nitrogen and oxygen atoms in total. The number of rotatable bonds is 7. The lowest BCUT2D eigenvalue weighted by Crippen LogP contribution is -2.52. The molecule has 0 bridgehead atoms.